The molecule has 2 rings (SSSR count). The van der Waals surface area contributed by atoms with Crippen molar-refractivity contribution in [1.29, 1.82) is 0 Å². The van der Waals surface area contributed by atoms with Gasteiger partial charge in [-0.2, -0.15) is 0 Å². The summed E-state index contributed by atoms with van der Waals surface area (Å²) in [5.74, 6) is -1.07. The summed E-state index contributed by atoms with van der Waals surface area (Å²) in [6.45, 7) is 2.08. The number of hydrogen-bond acceptors (Lipinski definition) is 3. The molecule has 0 atom stereocenters. The molecule has 86 valence electrons. The summed E-state index contributed by atoms with van der Waals surface area (Å²) in [5, 5.41) is 8.84. The molecule has 0 unspecified atom stereocenters. The van der Waals surface area contributed by atoms with Crippen LogP contribution in [-0.2, 0) is 6.42 Å². The summed E-state index contributed by atoms with van der Waals surface area (Å²) in [7, 11) is 0. The Labute approximate surface area is 99.0 Å². The molecule has 0 amide bonds. The monoisotopic (exact) mass is 228 g/mol. The number of aryl methyl sites for hydroxylation is 1. The fourth-order valence-corrected chi connectivity index (χ4v) is 1.52. The van der Waals surface area contributed by atoms with Crippen molar-refractivity contribution in [3.05, 3.63) is 47.9 Å². The van der Waals surface area contributed by atoms with Gasteiger partial charge < -0.3 is 5.11 Å². The van der Waals surface area contributed by atoms with E-state index in [1.54, 1.807) is 6.20 Å². The Morgan fingerprint density at radius 3 is 2.53 bits per heavy atom. The quantitative estimate of drug-likeness (QED) is 0.876. The first-order chi connectivity index (χ1) is 8.20. The van der Waals surface area contributed by atoms with E-state index in [4.69, 9.17) is 5.11 Å². The van der Waals surface area contributed by atoms with Gasteiger partial charge in [-0.15, -0.1) is 0 Å². The standard InChI is InChI=1S/C13H12N2O2/c1-2-9-3-5-10(6-4-9)11-7-14-8-12(15-11)13(16)17/h3-8H,2H2,1H3,(H,16,17). The molecule has 0 spiro atoms. The van der Waals surface area contributed by atoms with Crippen molar-refractivity contribution in [1.82, 2.24) is 9.97 Å². The zero-order valence-electron chi connectivity index (χ0n) is 9.42. The molecule has 0 fully saturated rings. The van der Waals surface area contributed by atoms with Crippen LogP contribution in [0.15, 0.2) is 36.7 Å². The van der Waals surface area contributed by atoms with Gasteiger partial charge in [0, 0.05) is 5.56 Å². The maximum absolute atomic E-state index is 10.8. The Balaban J connectivity index is 2.38. The minimum atomic E-state index is -1.07. The molecule has 0 aliphatic rings. The zero-order chi connectivity index (χ0) is 12.3. The molecule has 2 aromatic rings. The Morgan fingerprint density at radius 2 is 1.94 bits per heavy atom. The van der Waals surface area contributed by atoms with Crippen LogP contribution in [0.25, 0.3) is 11.3 Å². The summed E-state index contributed by atoms with van der Waals surface area (Å²) in [6.07, 6.45) is 3.78. The molecule has 1 aromatic carbocycles. The second-order valence-corrected chi connectivity index (χ2v) is 3.65. The molecule has 17 heavy (non-hydrogen) atoms. The van der Waals surface area contributed by atoms with E-state index in [2.05, 4.69) is 16.9 Å². The Bertz CT molecular complexity index is 535. The van der Waals surface area contributed by atoms with Crippen molar-refractivity contribution in [2.75, 3.05) is 0 Å². The SMILES string of the molecule is CCc1ccc(-c2cncc(C(=O)O)n2)cc1. The summed E-state index contributed by atoms with van der Waals surface area (Å²) in [4.78, 5) is 18.7. The third-order valence-corrected chi connectivity index (χ3v) is 2.51. The lowest BCUT2D eigenvalue weighted by Crippen LogP contribution is -2.01. The molecule has 1 N–H and O–H groups in total. The number of carboxylic acid groups (broad SMARTS) is 1. The lowest BCUT2D eigenvalue weighted by Gasteiger charge is -2.02. The molecule has 0 saturated heterocycles. The van der Waals surface area contributed by atoms with Crippen molar-refractivity contribution >= 4 is 5.97 Å². The fourth-order valence-electron chi connectivity index (χ4n) is 1.52. The number of hydrogen-bond donors (Lipinski definition) is 1. The molecular formula is C13H12N2O2. The highest BCUT2D eigenvalue weighted by Crippen LogP contribution is 2.17. The van der Waals surface area contributed by atoms with Crippen LogP contribution in [0.2, 0.25) is 0 Å². The number of aromatic nitrogens is 2. The van der Waals surface area contributed by atoms with Gasteiger partial charge >= 0.3 is 5.97 Å². The van der Waals surface area contributed by atoms with E-state index in [0.29, 0.717) is 5.69 Å². The largest absolute Gasteiger partial charge is 0.476 e. The smallest absolute Gasteiger partial charge is 0.356 e. The average Bonchev–Trinajstić information content (AvgIpc) is 2.39. The van der Waals surface area contributed by atoms with Gasteiger partial charge in [-0.1, -0.05) is 31.2 Å². The lowest BCUT2D eigenvalue weighted by molar-refractivity contribution is 0.0690. The first-order valence-corrected chi connectivity index (χ1v) is 5.35. The van der Waals surface area contributed by atoms with E-state index in [1.165, 1.54) is 11.8 Å². The Morgan fingerprint density at radius 1 is 1.24 bits per heavy atom. The first-order valence-electron chi connectivity index (χ1n) is 5.35. The van der Waals surface area contributed by atoms with Crippen LogP contribution in [0, 0.1) is 0 Å². The number of carbonyl (C=O) groups is 1. The number of nitrogens with zero attached hydrogens (tertiary/aromatic N) is 2. The van der Waals surface area contributed by atoms with Gasteiger partial charge in [-0.05, 0) is 12.0 Å². The summed E-state index contributed by atoms with van der Waals surface area (Å²) < 4.78 is 0. The van der Waals surface area contributed by atoms with Crippen molar-refractivity contribution in [2.24, 2.45) is 0 Å². The normalized spacial score (nSPS) is 10.2. The molecule has 1 aromatic heterocycles. The second kappa shape index (κ2) is 4.74. The predicted octanol–water partition coefficient (Wildman–Crippen LogP) is 2.40. The Hall–Kier alpha value is -2.23. The van der Waals surface area contributed by atoms with E-state index in [9.17, 15) is 4.79 Å². The number of aromatic carboxylic acids is 1. The molecule has 1 heterocycles. The average molecular weight is 228 g/mol. The number of carboxylic acids is 1. The summed E-state index contributed by atoms with van der Waals surface area (Å²) >= 11 is 0. The molecule has 0 radical (unpaired) electrons. The first kappa shape index (κ1) is 11.3. The van der Waals surface area contributed by atoms with Gasteiger partial charge in [0.05, 0.1) is 18.1 Å². The fraction of sp³-hybridized carbons (Fsp3) is 0.154. The van der Waals surface area contributed by atoms with Crippen molar-refractivity contribution < 1.29 is 9.90 Å². The van der Waals surface area contributed by atoms with E-state index in [1.807, 2.05) is 24.3 Å². The van der Waals surface area contributed by atoms with Crippen LogP contribution in [0.5, 0.6) is 0 Å². The third-order valence-electron chi connectivity index (χ3n) is 2.51. The van der Waals surface area contributed by atoms with Crippen LogP contribution in [0.4, 0.5) is 0 Å². The van der Waals surface area contributed by atoms with Gasteiger partial charge in [0.1, 0.15) is 0 Å². The maximum atomic E-state index is 10.8. The van der Waals surface area contributed by atoms with Crippen LogP contribution >= 0.6 is 0 Å². The molecule has 4 heteroatoms. The second-order valence-electron chi connectivity index (χ2n) is 3.65. The molecular weight excluding hydrogens is 216 g/mol. The van der Waals surface area contributed by atoms with Crippen LogP contribution < -0.4 is 0 Å². The van der Waals surface area contributed by atoms with Gasteiger partial charge in [0.25, 0.3) is 0 Å². The highest BCUT2D eigenvalue weighted by atomic mass is 16.4. The molecule has 0 aliphatic heterocycles. The lowest BCUT2D eigenvalue weighted by atomic mass is 10.1. The van der Waals surface area contributed by atoms with E-state index >= 15 is 0 Å². The van der Waals surface area contributed by atoms with E-state index in [0.717, 1.165) is 12.0 Å². The van der Waals surface area contributed by atoms with Gasteiger partial charge in [-0.3, -0.25) is 4.98 Å². The van der Waals surface area contributed by atoms with Crippen LogP contribution in [0.1, 0.15) is 23.0 Å². The van der Waals surface area contributed by atoms with Crippen molar-refractivity contribution in [3.63, 3.8) is 0 Å². The minimum absolute atomic E-state index is 0.0398. The third kappa shape index (κ3) is 2.47. The maximum Gasteiger partial charge on any atom is 0.356 e. The summed E-state index contributed by atoms with van der Waals surface area (Å²) in [6, 6.07) is 7.86. The van der Waals surface area contributed by atoms with Crippen LogP contribution in [-0.4, -0.2) is 21.0 Å². The zero-order valence-corrected chi connectivity index (χ0v) is 9.42. The van der Waals surface area contributed by atoms with E-state index < -0.39 is 5.97 Å². The molecule has 0 saturated carbocycles. The van der Waals surface area contributed by atoms with Gasteiger partial charge in [-0.25, -0.2) is 9.78 Å². The molecule has 4 nitrogen and oxygen atoms in total. The summed E-state index contributed by atoms with van der Waals surface area (Å²) in [5.41, 5.74) is 2.64. The Kier molecular flexibility index (Phi) is 3.14. The van der Waals surface area contributed by atoms with Crippen molar-refractivity contribution in [3.8, 4) is 11.3 Å². The predicted molar refractivity (Wildman–Crippen MR) is 63.8 cm³/mol. The van der Waals surface area contributed by atoms with Gasteiger partial charge in [0.2, 0.25) is 0 Å². The van der Waals surface area contributed by atoms with Crippen molar-refractivity contribution in [2.45, 2.75) is 13.3 Å². The topological polar surface area (TPSA) is 63.1 Å². The highest BCUT2D eigenvalue weighted by molar-refractivity contribution is 5.85. The van der Waals surface area contributed by atoms with E-state index in [-0.39, 0.29) is 5.69 Å². The molecule has 0 bridgehead atoms. The number of rotatable bonds is 3. The van der Waals surface area contributed by atoms with Gasteiger partial charge in [0.15, 0.2) is 5.69 Å². The molecule has 0 aliphatic carbocycles. The number of benzene rings is 1. The minimum Gasteiger partial charge on any atom is -0.476 e. The highest BCUT2D eigenvalue weighted by Gasteiger charge is 2.07. The van der Waals surface area contributed by atoms with Crippen LogP contribution in [0.3, 0.4) is 0 Å².